The quantitative estimate of drug-likeness (QED) is 0.164. The first-order valence-electron chi connectivity index (χ1n) is 23.6. The van der Waals surface area contributed by atoms with E-state index in [0.717, 1.165) is 0 Å². The van der Waals surface area contributed by atoms with Gasteiger partial charge in [0.1, 0.15) is 0 Å². The highest BCUT2D eigenvalue weighted by atomic mass is 15.2. The minimum atomic E-state index is -0.210. The minimum Gasteiger partial charge on any atom is -0.311 e. The van der Waals surface area contributed by atoms with Gasteiger partial charge in [0.15, 0.2) is 0 Å². The van der Waals surface area contributed by atoms with Gasteiger partial charge in [-0.25, -0.2) is 0 Å². The Labute approximate surface area is 384 Å². The Morgan fingerprint density at radius 3 is 1.47 bits per heavy atom. The normalized spacial score (nSPS) is 15.8. The summed E-state index contributed by atoms with van der Waals surface area (Å²) in [5.74, 6) is 0. The molecule has 2 heterocycles. The van der Waals surface area contributed by atoms with E-state index < -0.39 is 0 Å². The summed E-state index contributed by atoms with van der Waals surface area (Å²) in [5, 5.41) is 0. The summed E-state index contributed by atoms with van der Waals surface area (Å²) < 4.78 is 0. The monoisotopic (exact) mass is 837 g/mol. The lowest BCUT2D eigenvalue weighted by Crippen LogP contribution is -2.62. The van der Waals surface area contributed by atoms with Crippen molar-refractivity contribution in [1.29, 1.82) is 0 Å². The van der Waals surface area contributed by atoms with Crippen molar-refractivity contribution in [1.82, 2.24) is 0 Å². The summed E-state index contributed by atoms with van der Waals surface area (Å²) in [7, 11) is 0. The summed E-state index contributed by atoms with van der Waals surface area (Å²) in [6, 6.07) is 54.5. The zero-order valence-electron chi connectivity index (χ0n) is 40.8. The molecular formula is C61H65BN2. The van der Waals surface area contributed by atoms with E-state index in [0.29, 0.717) is 0 Å². The number of aryl methyl sites for hydroxylation is 1. The molecule has 3 heteroatoms. The predicted octanol–water partition coefficient (Wildman–Crippen LogP) is 14.6. The molecule has 2 nitrogen and oxygen atoms in total. The Hall–Kier alpha value is -5.80. The molecule has 1 aliphatic carbocycles. The van der Waals surface area contributed by atoms with Gasteiger partial charge in [0.2, 0.25) is 0 Å². The number of hydrogen-bond donors (Lipinski definition) is 0. The first-order valence-corrected chi connectivity index (χ1v) is 23.6. The molecular weight excluding hydrogens is 771 g/mol. The lowest BCUT2D eigenvalue weighted by Gasteiger charge is -2.48. The van der Waals surface area contributed by atoms with E-state index in [9.17, 15) is 0 Å². The van der Waals surface area contributed by atoms with E-state index in [-0.39, 0.29) is 33.8 Å². The molecule has 10 rings (SSSR count). The van der Waals surface area contributed by atoms with Crippen molar-refractivity contribution in [3.8, 4) is 11.1 Å². The summed E-state index contributed by atoms with van der Waals surface area (Å²) in [5.41, 5.74) is 24.5. The van der Waals surface area contributed by atoms with Gasteiger partial charge >= 0.3 is 0 Å². The van der Waals surface area contributed by atoms with Crippen LogP contribution in [0.3, 0.4) is 0 Å². The molecule has 2 aliphatic heterocycles. The van der Waals surface area contributed by atoms with Gasteiger partial charge in [-0.2, -0.15) is 0 Å². The van der Waals surface area contributed by atoms with Crippen molar-refractivity contribution in [2.45, 2.75) is 124 Å². The van der Waals surface area contributed by atoms with Crippen LogP contribution >= 0.6 is 0 Å². The van der Waals surface area contributed by atoms with E-state index in [1.807, 2.05) is 0 Å². The van der Waals surface area contributed by atoms with Gasteiger partial charge in [0.05, 0.1) is 5.69 Å². The molecule has 0 saturated heterocycles. The number of benzene rings is 7. The first kappa shape index (κ1) is 42.2. The Kier molecular flexibility index (Phi) is 9.29. The summed E-state index contributed by atoms with van der Waals surface area (Å²) >= 11 is 0. The highest BCUT2D eigenvalue weighted by Crippen LogP contribution is 2.54. The fourth-order valence-electron chi connectivity index (χ4n) is 11.2. The van der Waals surface area contributed by atoms with Crippen molar-refractivity contribution in [2.24, 2.45) is 0 Å². The molecule has 0 amide bonds. The van der Waals surface area contributed by atoms with Gasteiger partial charge in [0.25, 0.3) is 6.71 Å². The standard InChI is InChI=1S/C61H65BN2/c1-38-32-54-56-55(33-38)64(51-30-26-41(58(5,6)7)34-44(51)39-20-16-15-17-21-39)53-37-48-47(60(11,12)45-22-18-19-23-46(45)61(48,13)14)36-50(53)62(56)49-35-42(59(8,9)10)27-31-52(49)63(54)43-28-24-40(25-29-43)57(2,3)4/h15-37H,1-14H3. The van der Waals surface area contributed by atoms with Gasteiger partial charge in [-0.15, -0.1) is 0 Å². The first-order chi connectivity index (χ1) is 30.1. The second kappa shape index (κ2) is 14.1. The molecule has 0 unspecified atom stereocenters. The second-order valence-corrected chi connectivity index (χ2v) is 23.2. The highest BCUT2D eigenvalue weighted by Gasteiger charge is 2.48. The average molecular weight is 837 g/mol. The molecule has 0 bridgehead atoms. The van der Waals surface area contributed by atoms with Crippen LogP contribution in [0.1, 0.15) is 135 Å². The Balaban J connectivity index is 1.35. The fraction of sp³-hybridized carbons (Fsp3) is 0.311. The third-order valence-electron chi connectivity index (χ3n) is 15.0. The summed E-state index contributed by atoms with van der Waals surface area (Å²) in [4.78, 5) is 5.23. The van der Waals surface area contributed by atoms with Crippen molar-refractivity contribution in [3.05, 3.63) is 184 Å². The molecule has 7 aromatic rings. The molecule has 0 radical (unpaired) electrons. The molecule has 0 atom stereocenters. The number of rotatable bonds is 3. The van der Waals surface area contributed by atoms with Crippen LogP contribution in [0.15, 0.2) is 140 Å². The number of fused-ring (bicyclic) bond motifs is 6. The van der Waals surface area contributed by atoms with E-state index in [2.05, 4.69) is 246 Å². The van der Waals surface area contributed by atoms with E-state index >= 15 is 0 Å². The zero-order chi connectivity index (χ0) is 45.5. The topological polar surface area (TPSA) is 6.48 Å². The van der Waals surface area contributed by atoms with Crippen LogP contribution in [-0.4, -0.2) is 6.71 Å². The molecule has 3 aliphatic rings. The Bertz CT molecular complexity index is 3000. The van der Waals surface area contributed by atoms with Crippen molar-refractivity contribution >= 4 is 57.2 Å². The van der Waals surface area contributed by atoms with Crippen LogP contribution in [0.5, 0.6) is 0 Å². The largest absolute Gasteiger partial charge is 0.311 e. The van der Waals surface area contributed by atoms with Crippen LogP contribution in [0.25, 0.3) is 11.1 Å². The number of anilines is 6. The van der Waals surface area contributed by atoms with Gasteiger partial charge in [0, 0.05) is 44.8 Å². The number of nitrogens with zero attached hydrogens (tertiary/aromatic N) is 2. The van der Waals surface area contributed by atoms with Gasteiger partial charge < -0.3 is 9.80 Å². The van der Waals surface area contributed by atoms with Crippen molar-refractivity contribution < 1.29 is 0 Å². The smallest absolute Gasteiger partial charge is 0.252 e. The van der Waals surface area contributed by atoms with Crippen LogP contribution in [0, 0.1) is 6.92 Å². The van der Waals surface area contributed by atoms with Gasteiger partial charge in [-0.05, 0) is 138 Å². The van der Waals surface area contributed by atoms with Gasteiger partial charge in [-0.3, -0.25) is 0 Å². The Morgan fingerprint density at radius 2 is 0.891 bits per heavy atom. The predicted molar refractivity (Wildman–Crippen MR) is 277 cm³/mol. The number of hydrogen-bond acceptors (Lipinski definition) is 2. The molecule has 0 saturated carbocycles. The fourth-order valence-corrected chi connectivity index (χ4v) is 11.2. The molecule has 0 N–H and O–H groups in total. The van der Waals surface area contributed by atoms with Crippen LogP contribution in [-0.2, 0) is 27.1 Å². The third kappa shape index (κ3) is 6.43. The average Bonchev–Trinajstić information content (AvgIpc) is 3.24. The molecule has 0 spiro atoms. The van der Waals surface area contributed by atoms with Crippen LogP contribution in [0.2, 0.25) is 0 Å². The third-order valence-corrected chi connectivity index (χ3v) is 15.0. The summed E-state index contributed by atoms with van der Waals surface area (Å²) in [6.45, 7) is 33.0. The van der Waals surface area contributed by atoms with Crippen LogP contribution in [0.4, 0.5) is 34.1 Å². The maximum Gasteiger partial charge on any atom is 0.252 e. The minimum absolute atomic E-state index is 0.00894. The van der Waals surface area contributed by atoms with E-state index in [4.69, 9.17) is 0 Å². The maximum absolute atomic E-state index is 2.66. The summed E-state index contributed by atoms with van der Waals surface area (Å²) in [6.07, 6.45) is 0. The lowest BCUT2D eigenvalue weighted by atomic mass is 9.33. The van der Waals surface area contributed by atoms with E-state index in [1.165, 1.54) is 106 Å². The Morgan fingerprint density at radius 1 is 0.406 bits per heavy atom. The van der Waals surface area contributed by atoms with Crippen molar-refractivity contribution in [2.75, 3.05) is 9.80 Å². The SMILES string of the molecule is Cc1cc2c3c(c1)N(c1ccc(C(C)(C)C)cc1-c1ccccc1)c1cc4c(cc1B3c1cc(C(C)(C)C)ccc1N2c1ccc(C(C)(C)C)cc1)C(C)(C)c1ccccc1C4(C)C. The van der Waals surface area contributed by atoms with Crippen LogP contribution < -0.4 is 26.2 Å². The molecule has 7 aromatic carbocycles. The highest BCUT2D eigenvalue weighted by molar-refractivity contribution is 7.00. The van der Waals surface area contributed by atoms with E-state index in [1.54, 1.807) is 0 Å². The molecule has 64 heavy (non-hydrogen) atoms. The lowest BCUT2D eigenvalue weighted by molar-refractivity contribution is 0.521. The zero-order valence-corrected chi connectivity index (χ0v) is 40.8. The maximum atomic E-state index is 2.66. The van der Waals surface area contributed by atoms with Gasteiger partial charge in [-0.1, -0.05) is 181 Å². The molecule has 322 valence electrons. The second-order valence-electron chi connectivity index (χ2n) is 23.2. The molecule has 0 aromatic heterocycles. The van der Waals surface area contributed by atoms with Crippen molar-refractivity contribution in [3.63, 3.8) is 0 Å². The molecule has 0 fully saturated rings.